The Hall–Kier alpha value is -1.46. The number of ether oxygens (including phenoxy) is 1. The first-order valence-electron chi connectivity index (χ1n) is 6.51. The van der Waals surface area contributed by atoms with Gasteiger partial charge in [0.25, 0.3) is 0 Å². The molecule has 0 radical (unpaired) electrons. The number of rotatable bonds is 3. The van der Waals surface area contributed by atoms with Crippen molar-refractivity contribution in [3.8, 4) is 11.8 Å². The molecule has 0 spiro atoms. The maximum absolute atomic E-state index is 13.3. The molecule has 0 saturated carbocycles. The third-order valence-electron chi connectivity index (χ3n) is 3.34. The molecular formula is C14H17FN2O3S. The number of hydrogen-bond donors (Lipinski definition) is 1. The minimum absolute atomic E-state index is 0.0146. The van der Waals surface area contributed by atoms with Crippen molar-refractivity contribution < 1.29 is 17.5 Å². The lowest BCUT2D eigenvalue weighted by Gasteiger charge is -2.23. The van der Waals surface area contributed by atoms with E-state index in [2.05, 4.69) is 11.8 Å². The van der Waals surface area contributed by atoms with Crippen LogP contribution in [0.3, 0.4) is 0 Å². The van der Waals surface area contributed by atoms with Crippen molar-refractivity contribution >= 4 is 10.0 Å². The fourth-order valence-corrected chi connectivity index (χ4v) is 3.63. The maximum atomic E-state index is 13.3. The zero-order chi connectivity index (χ0) is 15.5. The monoisotopic (exact) mass is 312 g/mol. The van der Waals surface area contributed by atoms with E-state index in [0.29, 0.717) is 19.6 Å². The molecule has 5 nitrogen and oxygen atoms in total. The van der Waals surface area contributed by atoms with Crippen LogP contribution in [0.15, 0.2) is 23.1 Å². The van der Waals surface area contributed by atoms with Gasteiger partial charge in [-0.15, -0.1) is 0 Å². The van der Waals surface area contributed by atoms with Gasteiger partial charge < -0.3 is 10.5 Å². The van der Waals surface area contributed by atoms with Gasteiger partial charge in [-0.05, 0) is 24.6 Å². The molecule has 7 heteroatoms. The summed E-state index contributed by atoms with van der Waals surface area (Å²) in [6, 6.07) is 3.24. The van der Waals surface area contributed by atoms with Gasteiger partial charge in [0.1, 0.15) is 5.82 Å². The van der Waals surface area contributed by atoms with Crippen molar-refractivity contribution in [1.29, 1.82) is 0 Å². The Labute approximate surface area is 123 Å². The first kappa shape index (κ1) is 15.9. The van der Waals surface area contributed by atoms with Gasteiger partial charge in [-0.2, -0.15) is 4.31 Å². The smallest absolute Gasteiger partial charge is 0.244 e. The lowest BCUT2D eigenvalue weighted by molar-refractivity contribution is 0.181. The van der Waals surface area contributed by atoms with E-state index < -0.39 is 15.8 Å². The average Bonchev–Trinajstić information content (AvgIpc) is 2.98. The maximum Gasteiger partial charge on any atom is 0.244 e. The van der Waals surface area contributed by atoms with E-state index in [1.165, 1.54) is 17.4 Å². The van der Waals surface area contributed by atoms with E-state index in [9.17, 15) is 12.8 Å². The van der Waals surface area contributed by atoms with Gasteiger partial charge in [-0.25, -0.2) is 12.8 Å². The number of nitrogens with two attached hydrogens (primary N) is 1. The van der Waals surface area contributed by atoms with Crippen molar-refractivity contribution in [2.75, 3.05) is 26.8 Å². The summed E-state index contributed by atoms with van der Waals surface area (Å²) in [4.78, 5) is -0.0146. The molecule has 0 bridgehead atoms. The zero-order valence-corrected chi connectivity index (χ0v) is 12.5. The molecule has 21 heavy (non-hydrogen) atoms. The topological polar surface area (TPSA) is 72.6 Å². The largest absolute Gasteiger partial charge is 0.380 e. The molecule has 2 rings (SSSR count). The van der Waals surface area contributed by atoms with Crippen LogP contribution >= 0.6 is 0 Å². The number of likely N-dealkylation sites (N-methyl/N-ethyl adjacent to an activating group) is 1. The minimum Gasteiger partial charge on any atom is -0.380 e. The van der Waals surface area contributed by atoms with Crippen LogP contribution in [0.4, 0.5) is 4.39 Å². The normalized spacial score (nSPS) is 18.6. The Morgan fingerprint density at radius 1 is 1.52 bits per heavy atom. The van der Waals surface area contributed by atoms with E-state index in [4.69, 9.17) is 10.5 Å². The van der Waals surface area contributed by atoms with Crippen LogP contribution in [0.2, 0.25) is 0 Å². The van der Waals surface area contributed by atoms with Crippen molar-refractivity contribution in [1.82, 2.24) is 4.31 Å². The van der Waals surface area contributed by atoms with Crippen LogP contribution in [0.1, 0.15) is 12.0 Å². The first-order chi connectivity index (χ1) is 9.96. The lowest BCUT2D eigenvalue weighted by Crippen LogP contribution is -2.37. The molecule has 2 N–H and O–H groups in total. The van der Waals surface area contributed by atoms with E-state index in [-0.39, 0.29) is 23.0 Å². The number of halogens is 1. The van der Waals surface area contributed by atoms with Gasteiger partial charge in [0.2, 0.25) is 10.0 Å². The number of sulfonamides is 1. The molecule has 1 aromatic rings. The summed E-state index contributed by atoms with van der Waals surface area (Å²) in [7, 11) is -2.26. The fourth-order valence-electron chi connectivity index (χ4n) is 2.13. The Morgan fingerprint density at radius 2 is 2.29 bits per heavy atom. The quantitative estimate of drug-likeness (QED) is 0.827. The fraction of sp³-hybridized carbons (Fsp3) is 0.429. The average molecular weight is 312 g/mol. The molecular weight excluding hydrogens is 295 g/mol. The predicted octanol–water partition coefficient (Wildman–Crippen LogP) is 0.545. The van der Waals surface area contributed by atoms with Gasteiger partial charge in [0.05, 0.1) is 24.1 Å². The zero-order valence-electron chi connectivity index (χ0n) is 11.7. The van der Waals surface area contributed by atoms with Gasteiger partial charge in [-0.1, -0.05) is 11.8 Å². The Kier molecular flexibility index (Phi) is 4.96. The molecule has 0 aromatic heterocycles. The summed E-state index contributed by atoms with van der Waals surface area (Å²) < 4.78 is 45.1. The Balaban J connectivity index is 2.43. The van der Waals surface area contributed by atoms with Crippen molar-refractivity contribution in [2.24, 2.45) is 5.73 Å². The van der Waals surface area contributed by atoms with Crippen LogP contribution in [-0.4, -0.2) is 45.6 Å². The molecule has 0 aliphatic carbocycles. The van der Waals surface area contributed by atoms with Gasteiger partial charge >= 0.3 is 0 Å². The number of hydrogen-bond acceptors (Lipinski definition) is 4. The minimum atomic E-state index is -3.76. The summed E-state index contributed by atoms with van der Waals surface area (Å²) in [5, 5.41) is 0. The molecule has 1 atom stereocenters. The van der Waals surface area contributed by atoms with Crippen molar-refractivity contribution in [2.45, 2.75) is 17.4 Å². The predicted molar refractivity (Wildman–Crippen MR) is 76.5 cm³/mol. The summed E-state index contributed by atoms with van der Waals surface area (Å²) in [6.07, 6.45) is 0.640. The van der Waals surface area contributed by atoms with Gasteiger partial charge in [0, 0.05) is 19.2 Å². The van der Waals surface area contributed by atoms with Crippen LogP contribution < -0.4 is 5.73 Å². The molecule has 1 unspecified atom stereocenters. The third-order valence-corrected chi connectivity index (χ3v) is 5.31. The highest BCUT2D eigenvalue weighted by molar-refractivity contribution is 7.89. The van der Waals surface area contributed by atoms with Crippen LogP contribution in [0.25, 0.3) is 0 Å². The van der Waals surface area contributed by atoms with Crippen LogP contribution in [0, 0.1) is 17.7 Å². The van der Waals surface area contributed by atoms with E-state index in [0.717, 1.165) is 12.1 Å². The van der Waals surface area contributed by atoms with E-state index in [1.807, 2.05) is 0 Å². The molecule has 1 aliphatic heterocycles. The number of nitrogens with zero attached hydrogens (tertiary/aromatic N) is 1. The molecule has 1 saturated heterocycles. The van der Waals surface area contributed by atoms with Gasteiger partial charge in [0.15, 0.2) is 0 Å². The summed E-state index contributed by atoms with van der Waals surface area (Å²) in [6.45, 7) is 0.969. The van der Waals surface area contributed by atoms with Gasteiger partial charge in [-0.3, -0.25) is 0 Å². The van der Waals surface area contributed by atoms with Crippen molar-refractivity contribution in [3.63, 3.8) is 0 Å². The highest BCUT2D eigenvalue weighted by Crippen LogP contribution is 2.24. The highest BCUT2D eigenvalue weighted by atomic mass is 32.2. The Morgan fingerprint density at radius 3 is 2.90 bits per heavy atom. The van der Waals surface area contributed by atoms with E-state index in [1.54, 1.807) is 0 Å². The standard InChI is InChI=1S/C14H17FN2O3S/c1-17(13-6-8-20-10-13)21(18,19)14-5-4-12(15)9-11(14)3-2-7-16/h4-5,9,13H,6-8,10,16H2,1H3. The first-order valence-corrected chi connectivity index (χ1v) is 7.95. The third kappa shape index (κ3) is 3.41. The number of benzene rings is 1. The molecule has 0 amide bonds. The SMILES string of the molecule is CN(C1CCOC1)S(=O)(=O)c1ccc(F)cc1C#CCN. The molecule has 1 fully saturated rings. The van der Waals surface area contributed by atoms with Crippen LogP contribution in [0.5, 0.6) is 0 Å². The summed E-state index contributed by atoms with van der Waals surface area (Å²) >= 11 is 0. The second-order valence-corrected chi connectivity index (χ2v) is 6.65. The second-order valence-electron chi connectivity index (χ2n) is 4.69. The lowest BCUT2D eigenvalue weighted by atomic mass is 10.2. The summed E-state index contributed by atoms with van der Waals surface area (Å²) in [5.41, 5.74) is 5.41. The molecule has 1 aromatic carbocycles. The summed E-state index contributed by atoms with van der Waals surface area (Å²) in [5.74, 6) is 4.63. The molecule has 1 heterocycles. The molecule has 1 aliphatic rings. The van der Waals surface area contributed by atoms with Crippen molar-refractivity contribution in [3.05, 3.63) is 29.6 Å². The molecule has 114 valence electrons. The second kappa shape index (κ2) is 6.54. The Bertz CT molecular complexity index is 673. The van der Waals surface area contributed by atoms with Crippen LogP contribution in [-0.2, 0) is 14.8 Å². The highest BCUT2D eigenvalue weighted by Gasteiger charge is 2.32. The van der Waals surface area contributed by atoms with E-state index >= 15 is 0 Å².